The molecule has 0 saturated carbocycles. The first-order chi connectivity index (χ1) is 12.7. The summed E-state index contributed by atoms with van der Waals surface area (Å²) < 4.78 is 0. The summed E-state index contributed by atoms with van der Waals surface area (Å²) in [6, 6.07) is 11.9. The van der Waals surface area contributed by atoms with Crippen LogP contribution in [0.15, 0.2) is 41.4 Å². The number of nitrogens with zero attached hydrogens (tertiary/aromatic N) is 1. The van der Waals surface area contributed by atoms with E-state index in [2.05, 4.69) is 82.9 Å². The van der Waals surface area contributed by atoms with Crippen molar-refractivity contribution >= 4 is 19.9 Å². The lowest BCUT2D eigenvalue weighted by molar-refractivity contribution is 0.724. The fourth-order valence-electron chi connectivity index (χ4n) is 4.63. The SMILES string of the molecule is Cc1cc(C)cc(C2=NC(C)Cc3c2ccc2c3C=CC([Si](C)(C)C)C2)c1. The van der Waals surface area contributed by atoms with E-state index in [-0.39, 0.29) is 0 Å². The maximum absolute atomic E-state index is 5.08. The van der Waals surface area contributed by atoms with E-state index in [9.17, 15) is 0 Å². The van der Waals surface area contributed by atoms with Gasteiger partial charge in [0.05, 0.1) is 19.8 Å². The van der Waals surface area contributed by atoms with Crippen molar-refractivity contribution in [2.45, 2.75) is 64.8 Å². The smallest absolute Gasteiger partial charge is 0.0725 e. The van der Waals surface area contributed by atoms with Gasteiger partial charge >= 0.3 is 0 Å². The summed E-state index contributed by atoms with van der Waals surface area (Å²) in [5, 5.41) is 0. The number of hydrogen-bond donors (Lipinski definition) is 0. The van der Waals surface area contributed by atoms with E-state index < -0.39 is 8.07 Å². The Balaban J connectivity index is 1.82. The van der Waals surface area contributed by atoms with E-state index >= 15 is 0 Å². The molecule has 2 heteroatoms. The van der Waals surface area contributed by atoms with E-state index in [1.54, 1.807) is 0 Å². The van der Waals surface area contributed by atoms with Gasteiger partial charge in [-0.15, -0.1) is 0 Å². The molecule has 0 spiro atoms. The molecule has 0 radical (unpaired) electrons. The lowest BCUT2D eigenvalue weighted by Crippen LogP contribution is -2.30. The van der Waals surface area contributed by atoms with Crippen molar-refractivity contribution < 1.29 is 0 Å². The highest BCUT2D eigenvalue weighted by atomic mass is 28.3. The molecule has 1 aliphatic heterocycles. The van der Waals surface area contributed by atoms with Gasteiger partial charge in [0.1, 0.15) is 0 Å². The molecular weight excluding hydrogens is 342 g/mol. The maximum Gasteiger partial charge on any atom is 0.0725 e. The molecule has 1 nitrogen and oxygen atoms in total. The predicted molar refractivity (Wildman–Crippen MR) is 121 cm³/mol. The fourth-order valence-corrected chi connectivity index (χ4v) is 6.13. The van der Waals surface area contributed by atoms with Gasteiger partial charge in [-0.2, -0.15) is 0 Å². The van der Waals surface area contributed by atoms with Crippen molar-refractivity contribution in [2.24, 2.45) is 4.99 Å². The lowest BCUT2D eigenvalue weighted by atomic mass is 9.82. The molecule has 2 aromatic carbocycles. The van der Waals surface area contributed by atoms with Crippen LogP contribution in [0.5, 0.6) is 0 Å². The Bertz CT molecular complexity index is 939. The van der Waals surface area contributed by atoms with E-state index in [4.69, 9.17) is 4.99 Å². The molecule has 0 bridgehead atoms. The molecule has 27 heavy (non-hydrogen) atoms. The highest BCUT2D eigenvalue weighted by Gasteiger charge is 2.30. The van der Waals surface area contributed by atoms with Crippen LogP contribution in [0.3, 0.4) is 0 Å². The van der Waals surface area contributed by atoms with E-state index in [1.165, 1.54) is 51.1 Å². The van der Waals surface area contributed by atoms with Crippen molar-refractivity contribution in [1.29, 1.82) is 0 Å². The van der Waals surface area contributed by atoms with Crippen LogP contribution in [0, 0.1) is 13.8 Å². The topological polar surface area (TPSA) is 12.4 Å². The first kappa shape index (κ1) is 18.4. The molecule has 0 saturated heterocycles. The number of hydrogen-bond acceptors (Lipinski definition) is 1. The van der Waals surface area contributed by atoms with Gasteiger partial charge in [0.25, 0.3) is 0 Å². The van der Waals surface area contributed by atoms with Crippen LogP contribution in [0.4, 0.5) is 0 Å². The molecule has 2 atom stereocenters. The van der Waals surface area contributed by atoms with Crippen LogP contribution in [0.1, 0.15) is 45.9 Å². The first-order valence-electron chi connectivity index (χ1n) is 10.2. The second-order valence-electron chi connectivity index (χ2n) is 9.61. The van der Waals surface area contributed by atoms with Gasteiger partial charge in [0.15, 0.2) is 0 Å². The quantitative estimate of drug-likeness (QED) is 0.543. The third kappa shape index (κ3) is 3.48. The summed E-state index contributed by atoms with van der Waals surface area (Å²) in [5.74, 6) is 0. The van der Waals surface area contributed by atoms with Gasteiger partial charge in [0.2, 0.25) is 0 Å². The Labute approximate surface area is 165 Å². The monoisotopic (exact) mass is 373 g/mol. The maximum atomic E-state index is 5.08. The predicted octanol–water partition coefficient (Wildman–Crippen LogP) is 6.36. The van der Waals surface area contributed by atoms with Crippen molar-refractivity contribution in [3.63, 3.8) is 0 Å². The second-order valence-corrected chi connectivity index (χ2v) is 15.1. The van der Waals surface area contributed by atoms with Crippen molar-refractivity contribution in [3.8, 4) is 0 Å². The zero-order chi connectivity index (χ0) is 19.3. The zero-order valence-electron chi connectivity index (χ0n) is 17.6. The second kappa shape index (κ2) is 6.59. The number of benzene rings is 2. The highest BCUT2D eigenvalue weighted by molar-refractivity contribution is 6.78. The minimum Gasteiger partial charge on any atom is -0.281 e. The van der Waals surface area contributed by atoms with Gasteiger partial charge in [-0.1, -0.05) is 61.1 Å². The summed E-state index contributed by atoms with van der Waals surface area (Å²) in [6.45, 7) is 14.1. The van der Waals surface area contributed by atoms with Crippen LogP contribution in [0.2, 0.25) is 25.2 Å². The van der Waals surface area contributed by atoms with Gasteiger partial charge in [0, 0.05) is 11.1 Å². The molecule has 0 fully saturated rings. The fraction of sp³-hybridized carbons (Fsp3) is 0.400. The molecule has 140 valence electrons. The largest absolute Gasteiger partial charge is 0.281 e. The lowest BCUT2D eigenvalue weighted by Gasteiger charge is -2.32. The van der Waals surface area contributed by atoms with Crippen LogP contribution >= 0.6 is 0 Å². The summed E-state index contributed by atoms with van der Waals surface area (Å²) in [4.78, 5) is 5.08. The molecule has 0 amide bonds. The van der Waals surface area contributed by atoms with Crippen LogP contribution in [-0.2, 0) is 12.8 Å². The molecule has 2 aromatic rings. The molecule has 4 rings (SSSR count). The Hall–Kier alpha value is -1.93. The van der Waals surface area contributed by atoms with Crippen LogP contribution in [-0.4, -0.2) is 19.8 Å². The van der Waals surface area contributed by atoms with Gasteiger partial charge in [-0.25, -0.2) is 0 Å². The van der Waals surface area contributed by atoms with E-state index in [0.717, 1.165) is 12.0 Å². The Kier molecular flexibility index (Phi) is 4.50. The Morgan fingerprint density at radius 2 is 1.67 bits per heavy atom. The van der Waals surface area contributed by atoms with Crippen LogP contribution < -0.4 is 0 Å². The van der Waals surface area contributed by atoms with E-state index in [1.807, 2.05) is 0 Å². The number of fused-ring (bicyclic) bond motifs is 3. The highest BCUT2D eigenvalue weighted by Crippen LogP contribution is 2.38. The third-order valence-electron chi connectivity index (χ3n) is 6.09. The van der Waals surface area contributed by atoms with E-state index in [0.29, 0.717) is 6.04 Å². The van der Waals surface area contributed by atoms with Crippen molar-refractivity contribution in [2.75, 3.05) is 0 Å². The molecule has 2 unspecified atom stereocenters. The van der Waals surface area contributed by atoms with Gasteiger partial charge in [-0.3, -0.25) is 4.99 Å². The van der Waals surface area contributed by atoms with Crippen LogP contribution in [0.25, 0.3) is 6.08 Å². The Morgan fingerprint density at radius 1 is 0.963 bits per heavy atom. The normalized spacial score (nSPS) is 21.5. The third-order valence-corrected chi connectivity index (χ3v) is 8.72. The first-order valence-corrected chi connectivity index (χ1v) is 13.8. The minimum absolute atomic E-state index is 0.336. The summed E-state index contributed by atoms with van der Waals surface area (Å²) >= 11 is 0. The minimum atomic E-state index is -1.16. The molecule has 2 aliphatic rings. The number of rotatable bonds is 2. The molecule has 0 aromatic heterocycles. The van der Waals surface area contributed by atoms with Gasteiger partial charge in [-0.05, 0) is 68.0 Å². The molecular formula is C25H31NSi. The number of aryl methyl sites for hydroxylation is 2. The summed E-state index contributed by atoms with van der Waals surface area (Å²) in [7, 11) is -1.16. The Morgan fingerprint density at radius 3 is 2.33 bits per heavy atom. The average molecular weight is 374 g/mol. The summed E-state index contributed by atoms with van der Waals surface area (Å²) in [6.07, 6.45) is 7.19. The van der Waals surface area contributed by atoms with Crippen molar-refractivity contribution in [3.05, 3.63) is 75.4 Å². The number of aliphatic imine (C=N–C) groups is 1. The molecule has 1 heterocycles. The number of allylic oxidation sites excluding steroid dienone is 1. The zero-order valence-corrected chi connectivity index (χ0v) is 18.6. The molecule has 0 N–H and O–H groups in total. The molecule has 1 aliphatic carbocycles. The van der Waals surface area contributed by atoms with Gasteiger partial charge < -0.3 is 0 Å². The van der Waals surface area contributed by atoms with Crippen molar-refractivity contribution in [1.82, 2.24) is 0 Å². The summed E-state index contributed by atoms with van der Waals surface area (Å²) in [5.41, 5.74) is 11.7. The standard InChI is InChI=1S/C25H31NSi/c1-16-11-17(2)13-20(12-16)25-23-9-7-19-15-21(27(4,5)6)8-10-22(19)24(23)14-18(3)26-25/h7-13,18,21H,14-15H2,1-6H3. The average Bonchev–Trinajstić information content (AvgIpc) is 2.58.